The maximum atomic E-state index is 11.9. The number of nitrogens with one attached hydrogen (secondary N) is 2. The Morgan fingerprint density at radius 1 is 1.10 bits per heavy atom. The molecule has 0 spiro atoms. The molecular weight excluding hydrogens is 316 g/mol. The van der Waals surface area contributed by atoms with Gasteiger partial charge < -0.3 is 10.6 Å². The second-order valence-corrected chi connectivity index (χ2v) is 5.41. The van der Waals surface area contributed by atoms with E-state index in [1.807, 2.05) is 61.5 Å². The average molecular weight is 333 g/mol. The quantitative estimate of drug-likeness (QED) is 0.872. The summed E-state index contributed by atoms with van der Waals surface area (Å²) in [4.78, 5) is 11.9. The lowest BCUT2D eigenvalue weighted by atomic mass is 10.1. The van der Waals surface area contributed by atoms with E-state index in [4.69, 9.17) is 0 Å². The van der Waals surface area contributed by atoms with Crippen molar-refractivity contribution in [2.45, 2.75) is 19.5 Å². The van der Waals surface area contributed by atoms with Crippen molar-refractivity contribution >= 4 is 22.0 Å². The third-order valence-electron chi connectivity index (χ3n) is 3.02. The van der Waals surface area contributed by atoms with Crippen LogP contribution in [-0.4, -0.2) is 6.03 Å². The Labute approximate surface area is 127 Å². The lowest BCUT2D eigenvalue weighted by Gasteiger charge is -2.16. The minimum atomic E-state index is -0.169. The van der Waals surface area contributed by atoms with Crippen LogP contribution in [-0.2, 0) is 6.54 Å². The van der Waals surface area contributed by atoms with Gasteiger partial charge in [-0.2, -0.15) is 0 Å². The molecule has 0 saturated heterocycles. The molecule has 2 aromatic carbocycles. The molecule has 0 saturated carbocycles. The largest absolute Gasteiger partial charge is 0.334 e. The van der Waals surface area contributed by atoms with Crippen LogP contribution in [0, 0.1) is 0 Å². The summed E-state index contributed by atoms with van der Waals surface area (Å²) in [6, 6.07) is 17.5. The number of hydrogen-bond donors (Lipinski definition) is 2. The van der Waals surface area contributed by atoms with Gasteiger partial charge in [-0.15, -0.1) is 0 Å². The van der Waals surface area contributed by atoms with Crippen molar-refractivity contribution in [1.29, 1.82) is 0 Å². The van der Waals surface area contributed by atoms with Crippen molar-refractivity contribution in [3.05, 3.63) is 70.2 Å². The van der Waals surface area contributed by atoms with Gasteiger partial charge in [-0.1, -0.05) is 64.5 Å². The molecule has 0 unspecified atom stereocenters. The molecule has 0 radical (unpaired) electrons. The molecule has 0 aliphatic carbocycles. The van der Waals surface area contributed by atoms with Crippen molar-refractivity contribution in [3.63, 3.8) is 0 Å². The van der Waals surface area contributed by atoms with Crippen molar-refractivity contribution in [1.82, 2.24) is 10.6 Å². The molecule has 0 bridgehead atoms. The molecule has 104 valence electrons. The monoisotopic (exact) mass is 332 g/mol. The van der Waals surface area contributed by atoms with Crippen LogP contribution < -0.4 is 10.6 Å². The van der Waals surface area contributed by atoms with Gasteiger partial charge in [0, 0.05) is 11.0 Å². The number of benzene rings is 2. The molecule has 20 heavy (non-hydrogen) atoms. The highest BCUT2D eigenvalue weighted by Crippen LogP contribution is 2.22. The first-order chi connectivity index (χ1) is 9.66. The number of carbonyl (C=O) groups is 1. The first kappa shape index (κ1) is 14.6. The minimum absolute atomic E-state index is 0.0543. The highest BCUT2D eigenvalue weighted by atomic mass is 79.9. The molecular formula is C16H17BrN2O. The van der Waals surface area contributed by atoms with Gasteiger partial charge in [0.1, 0.15) is 0 Å². The van der Waals surface area contributed by atoms with Crippen LogP contribution in [0.3, 0.4) is 0 Å². The first-order valence-electron chi connectivity index (χ1n) is 6.49. The third kappa shape index (κ3) is 4.10. The lowest BCUT2D eigenvalue weighted by Crippen LogP contribution is -2.36. The molecule has 2 rings (SSSR count). The van der Waals surface area contributed by atoms with Gasteiger partial charge in [0.25, 0.3) is 0 Å². The van der Waals surface area contributed by atoms with Crippen molar-refractivity contribution in [2.24, 2.45) is 0 Å². The predicted molar refractivity (Wildman–Crippen MR) is 84.4 cm³/mol. The zero-order valence-corrected chi connectivity index (χ0v) is 12.9. The van der Waals surface area contributed by atoms with Crippen LogP contribution in [0.1, 0.15) is 24.1 Å². The summed E-state index contributed by atoms with van der Waals surface area (Å²) in [5, 5.41) is 5.78. The van der Waals surface area contributed by atoms with Gasteiger partial charge in [-0.3, -0.25) is 0 Å². The van der Waals surface area contributed by atoms with Gasteiger partial charge in [-0.05, 0) is 24.1 Å². The van der Waals surface area contributed by atoms with Crippen LogP contribution in [0.2, 0.25) is 0 Å². The SMILES string of the molecule is C[C@H](NC(=O)NCc1ccccc1)c1ccccc1Br. The maximum Gasteiger partial charge on any atom is 0.315 e. The number of amides is 2. The Balaban J connectivity index is 1.87. The van der Waals surface area contributed by atoms with Crippen molar-refractivity contribution < 1.29 is 4.79 Å². The summed E-state index contributed by atoms with van der Waals surface area (Å²) in [7, 11) is 0. The second-order valence-electron chi connectivity index (χ2n) is 4.56. The third-order valence-corrected chi connectivity index (χ3v) is 3.74. The number of urea groups is 1. The zero-order valence-electron chi connectivity index (χ0n) is 11.3. The molecule has 0 fully saturated rings. The Morgan fingerprint density at radius 2 is 1.75 bits per heavy atom. The fourth-order valence-electron chi connectivity index (χ4n) is 1.93. The normalized spacial score (nSPS) is 11.7. The van der Waals surface area contributed by atoms with E-state index >= 15 is 0 Å². The second kappa shape index (κ2) is 7.10. The first-order valence-corrected chi connectivity index (χ1v) is 7.29. The van der Waals surface area contributed by atoms with Gasteiger partial charge in [0.05, 0.1) is 6.04 Å². The molecule has 0 heterocycles. The summed E-state index contributed by atoms with van der Waals surface area (Å²) in [5.74, 6) is 0. The molecule has 0 aromatic heterocycles. The van der Waals surface area contributed by atoms with Crippen LogP contribution in [0.25, 0.3) is 0 Å². The van der Waals surface area contributed by atoms with E-state index < -0.39 is 0 Å². The summed E-state index contributed by atoms with van der Waals surface area (Å²) in [6.07, 6.45) is 0. The molecule has 3 nitrogen and oxygen atoms in total. The topological polar surface area (TPSA) is 41.1 Å². The maximum absolute atomic E-state index is 11.9. The summed E-state index contributed by atoms with van der Waals surface area (Å²) in [6.45, 7) is 2.48. The number of carbonyl (C=O) groups excluding carboxylic acids is 1. The highest BCUT2D eigenvalue weighted by molar-refractivity contribution is 9.10. The Hall–Kier alpha value is -1.81. The summed E-state index contributed by atoms with van der Waals surface area (Å²) < 4.78 is 0.996. The predicted octanol–water partition coefficient (Wildman–Crippen LogP) is 4.01. The zero-order chi connectivity index (χ0) is 14.4. The van der Waals surface area contributed by atoms with Crippen molar-refractivity contribution in [2.75, 3.05) is 0 Å². The molecule has 2 aromatic rings. The van der Waals surface area contributed by atoms with E-state index in [2.05, 4.69) is 26.6 Å². The minimum Gasteiger partial charge on any atom is -0.334 e. The lowest BCUT2D eigenvalue weighted by molar-refractivity contribution is 0.237. The van der Waals surface area contributed by atoms with Gasteiger partial charge >= 0.3 is 6.03 Å². The van der Waals surface area contributed by atoms with E-state index in [1.54, 1.807) is 0 Å². The van der Waals surface area contributed by atoms with E-state index in [0.29, 0.717) is 6.54 Å². The number of rotatable bonds is 4. The fraction of sp³-hybridized carbons (Fsp3) is 0.188. The van der Waals surface area contributed by atoms with Gasteiger partial charge in [0.2, 0.25) is 0 Å². The van der Waals surface area contributed by atoms with Crippen LogP contribution in [0.5, 0.6) is 0 Å². The summed E-state index contributed by atoms with van der Waals surface area (Å²) >= 11 is 3.49. The average Bonchev–Trinajstić information content (AvgIpc) is 2.46. The molecule has 1 atom stereocenters. The highest BCUT2D eigenvalue weighted by Gasteiger charge is 2.11. The summed E-state index contributed by atoms with van der Waals surface area (Å²) in [5.41, 5.74) is 2.14. The van der Waals surface area contributed by atoms with E-state index in [0.717, 1.165) is 15.6 Å². The molecule has 2 N–H and O–H groups in total. The molecule has 0 aliphatic rings. The van der Waals surface area contributed by atoms with Gasteiger partial charge in [0.15, 0.2) is 0 Å². The number of hydrogen-bond acceptors (Lipinski definition) is 1. The van der Waals surface area contributed by atoms with E-state index in [1.165, 1.54) is 0 Å². The van der Waals surface area contributed by atoms with Gasteiger partial charge in [-0.25, -0.2) is 4.79 Å². The van der Waals surface area contributed by atoms with E-state index in [-0.39, 0.29) is 12.1 Å². The molecule has 0 aliphatic heterocycles. The van der Waals surface area contributed by atoms with Crippen LogP contribution in [0.4, 0.5) is 4.79 Å². The number of halogens is 1. The van der Waals surface area contributed by atoms with Crippen molar-refractivity contribution in [3.8, 4) is 0 Å². The molecule has 2 amide bonds. The fourth-order valence-corrected chi connectivity index (χ4v) is 2.56. The Morgan fingerprint density at radius 3 is 2.45 bits per heavy atom. The Kier molecular flexibility index (Phi) is 5.18. The standard InChI is InChI=1S/C16H17BrN2O/c1-12(14-9-5-6-10-15(14)17)19-16(20)18-11-13-7-3-2-4-8-13/h2-10,12H,11H2,1H3,(H2,18,19,20)/t12-/m0/s1. The van der Waals surface area contributed by atoms with Crippen LogP contribution >= 0.6 is 15.9 Å². The molecule has 4 heteroatoms. The van der Waals surface area contributed by atoms with E-state index in [9.17, 15) is 4.79 Å². The van der Waals surface area contributed by atoms with Crippen LogP contribution in [0.15, 0.2) is 59.1 Å². The smallest absolute Gasteiger partial charge is 0.315 e. The Bertz CT molecular complexity index is 572.